The smallest absolute Gasteiger partial charge is 0.329 e. The maximum atomic E-state index is 13.2. The quantitative estimate of drug-likeness (QED) is 0.530. The zero-order valence-corrected chi connectivity index (χ0v) is 19.5. The van der Waals surface area contributed by atoms with Crippen molar-refractivity contribution in [3.63, 3.8) is 0 Å². The average molecular weight is 434 g/mol. The van der Waals surface area contributed by atoms with Gasteiger partial charge in [-0.15, -0.1) is 0 Å². The summed E-state index contributed by atoms with van der Waals surface area (Å²) in [5, 5.41) is 0. The average Bonchev–Trinajstić information content (AvgIpc) is 3.34. The zero-order valence-electron chi connectivity index (χ0n) is 19.5. The minimum Gasteiger partial charge on any atom is -0.456 e. The molecule has 5 heteroatoms. The summed E-state index contributed by atoms with van der Waals surface area (Å²) in [4.78, 5) is 40.5. The van der Waals surface area contributed by atoms with Crippen molar-refractivity contribution in [3.05, 3.63) is 0 Å². The van der Waals surface area contributed by atoms with Crippen molar-refractivity contribution in [2.45, 2.75) is 122 Å². The summed E-state index contributed by atoms with van der Waals surface area (Å²) in [7, 11) is 0. The van der Waals surface area contributed by atoms with E-state index in [9.17, 15) is 14.4 Å². The van der Waals surface area contributed by atoms with Gasteiger partial charge in [-0.05, 0) is 38.5 Å². The van der Waals surface area contributed by atoms with Gasteiger partial charge < -0.3 is 9.64 Å². The molecular weight excluding hydrogens is 390 g/mol. The first kappa shape index (κ1) is 24.3. The van der Waals surface area contributed by atoms with E-state index in [1.54, 1.807) is 4.90 Å². The molecule has 0 aromatic heterocycles. The summed E-state index contributed by atoms with van der Waals surface area (Å²) in [5.74, 6) is -0.0743. The molecule has 5 nitrogen and oxygen atoms in total. The normalized spacial score (nSPS) is 25.4. The van der Waals surface area contributed by atoms with Crippen LogP contribution in [0.1, 0.15) is 116 Å². The van der Waals surface area contributed by atoms with Crippen LogP contribution in [0.5, 0.6) is 0 Å². The van der Waals surface area contributed by atoms with Crippen LogP contribution >= 0.6 is 0 Å². The molecule has 31 heavy (non-hydrogen) atoms. The first-order valence-electron chi connectivity index (χ1n) is 13.2. The van der Waals surface area contributed by atoms with Gasteiger partial charge >= 0.3 is 5.97 Å². The van der Waals surface area contributed by atoms with Crippen molar-refractivity contribution in [1.82, 2.24) is 4.90 Å². The topological polar surface area (TPSA) is 63.7 Å². The number of Topliss-reactive ketones (excluding diaryl/α,β-unsaturated/α-hetero) is 1. The zero-order chi connectivity index (χ0) is 21.9. The van der Waals surface area contributed by atoms with Crippen LogP contribution in [0.3, 0.4) is 0 Å². The van der Waals surface area contributed by atoms with Crippen LogP contribution in [0.4, 0.5) is 0 Å². The number of ketones is 1. The van der Waals surface area contributed by atoms with E-state index in [0.29, 0.717) is 13.0 Å². The molecule has 3 fully saturated rings. The standard InChI is InChI=1S/C26H43NO4/c28-24(21-14-9-5-1-2-6-10-15-21)20-31-26(30)23-18-13-19-27(23)25(29)22-16-11-7-3-4-8-12-17-22/h21-23H,1-20H2/t23-/m0/s1. The number of carbonyl (C=O) groups excluding carboxylic acids is 3. The number of amides is 1. The number of ether oxygens (including phenoxy) is 1. The van der Waals surface area contributed by atoms with E-state index in [2.05, 4.69) is 0 Å². The fraction of sp³-hybridized carbons (Fsp3) is 0.885. The van der Waals surface area contributed by atoms with Crippen LogP contribution in [0, 0.1) is 11.8 Å². The lowest BCUT2D eigenvalue weighted by atomic mass is 9.93. The lowest BCUT2D eigenvalue weighted by Crippen LogP contribution is -2.44. The highest BCUT2D eigenvalue weighted by Crippen LogP contribution is 2.28. The number of likely N-dealkylation sites (tertiary alicyclic amines) is 1. The Morgan fingerprint density at radius 2 is 1.10 bits per heavy atom. The molecule has 0 spiro atoms. The van der Waals surface area contributed by atoms with Crippen LogP contribution < -0.4 is 0 Å². The Labute approximate surface area is 188 Å². The summed E-state index contributed by atoms with van der Waals surface area (Å²) in [5.41, 5.74) is 0. The highest BCUT2D eigenvalue weighted by Gasteiger charge is 2.38. The van der Waals surface area contributed by atoms with Gasteiger partial charge in [-0.3, -0.25) is 9.59 Å². The minimum absolute atomic E-state index is 0.0334. The lowest BCUT2D eigenvalue weighted by molar-refractivity contribution is -0.157. The second-order valence-electron chi connectivity index (χ2n) is 10.1. The highest BCUT2D eigenvalue weighted by atomic mass is 16.5. The van der Waals surface area contributed by atoms with Crippen molar-refractivity contribution in [2.75, 3.05) is 13.2 Å². The van der Waals surface area contributed by atoms with Gasteiger partial charge in [-0.2, -0.15) is 0 Å². The highest BCUT2D eigenvalue weighted by molar-refractivity contribution is 5.88. The second kappa shape index (κ2) is 13.2. The predicted molar refractivity (Wildman–Crippen MR) is 122 cm³/mol. The second-order valence-corrected chi connectivity index (χ2v) is 10.1. The number of hydrogen-bond acceptors (Lipinski definition) is 4. The van der Waals surface area contributed by atoms with Crippen molar-refractivity contribution in [1.29, 1.82) is 0 Å². The summed E-state index contributed by atoms with van der Waals surface area (Å²) in [6.45, 7) is 0.525. The van der Waals surface area contributed by atoms with Crippen molar-refractivity contribution in [3.8, 4) is 0 Å². The molecule has 176 valence electrons. The van der Waals surface area contributed by atoms with Gasteiger partial charge in [-0.1, -0.05) is 77.0 Å². The third kappa shape index (κ3) is 7.61. The molecule has 1 atom stereocenters. The first-order chi connectivity index (χ1) is 15.2. The van der Waals surface area contributed by atoms with Crippen LogP contribution in [0.15, 0.2) is 0 Å². The van der Waals surface area contributed by atoms with Crippen LogP contribution in [0.25, 0.3) is 0 Å². The van der Waals surface area contributed by atoms with E-state index in [1.807, 2.05) is 0 Å². The van der Waals surface area contributed by atoms with E-state index >= 15 is 0 Å². The molecule has 0 aromatic rings. The molecule has 0 radical (unpaired) electrons. The van der Waals surface area contributed by atoms with Gasteiger partial charge in [0.15, 0.2) is 5.78 Å². The molecule has 1 aliphatic heterocycles. The SMILES string of the molecule is O=C(COC(=O)[C@@H]1CCCN1C(=O)C1CCCCCCCC1)C1CCCCCCCC1. The third-order valence-corrected chi connectivity index (χ3v) is 7.68. The van der Waals surface area contributed by atoms with Gasteiger partial charge in [0.25, 0.3) is 0 Å². The van der Waals surface area contributed by atoms with E-state index in [0.717, 1.165) is 57.8 Å². The number of esters is 1. The van der Waals surface area contributed by atoms with Crippen LogP contribution in [-0.2, 0) is 19.1 Å². The largest absolute Gasteiger partial charge is 0.456 e. The molecule has 0 bridgehead atoms. The minimum atomic E-state index is -0.492. The lowest BCUT2D eigenvalue weighted by Gasteiger charge is -2.28. The Bertz CT molecular complexity index is 570. The molecule has 2 saturated carbocycles. The molecule has 1 saturated heterocycles. The third-order valence-electron chi connectivity index (χ3n) is 7.68. The monoisotopic (exact) mass is 433 g/mol. The van der Waals surface area contributed by atoms with Crippen LogP contribution in [0.2, 0.25) is 0 Å². The van der Waals surface area contributed by atoms with E-state index in [-0.39, 0.29) is 36.1 Å². The van der Waals surface area contributed by atoms with Gasteiger partial charge in [0.2, 0.25) is 5.91 Å². The Morgan fingerprint density at radius 1 is 0.613 bits per heavy atom. The molecule has 0 aromatic carbocycles. The van der Waals surface area contributed by atoms with Crippen molar-refractivity contribution in [2.24, 2.45) is 11.8 Å². The maximum Gasteiger partial charge on any atom is 0.329 e. The molecule has 1 amide bonds. The fourth-order valence-electron chi connectivity index (χ4n) is 5.70. The summed E-state index contributed by atoms with van der Waals surface area (Å²) >= 11 is 0. The number of carbonyl (C=O) groups is 3. The Balaban J connectivity index is 1.50. The van der Waals surface area contributed by atoms with E-state index in [4.69, 9.17) is 4.74 Å². The molecule has 1 heterocycles. The van der Waals surface area contributed by atoms with Gasteiger partial charge in [-0.25, -0.2) is 4.79 Å². The molecule has 0 N–H and O–H groups in total. The van der Waals surface area contributed by atoms with E-state index in [1.165, 1.54) is 51.4 Å². The number of rotatable bonds is 5. The molecule has 2 aliphatic carbocycles. The Morgan fingerprint density at radius 3 is 1.65 bits per heavy atom. The van der Waals surface area contributed by atoms with Gasteiger partial charge in [0.1, 0.15) is 12.6 Å². The number of hydrogen-bond donors (Lipinski definition) is 0. The summed E-state index contributed by atoms with van der Waals surface area (Å²) < 4.78 is 5.49. The van der Waals surface area contributed by atoms with Gasteiger partial charge in [0.05, 0.1) is 0 Å². The summed E-state index contributed by atoms with van der Waals surface area (Å²) in [6, 6.07) is -0.492. The molecule has 3 rings (SSSR count). The summed E-state index contributed by atoms with van der Waals surface area (Å²) in [6.07, 6.45) is 19.5. The Hall–Kier alpha value is -1.39. The van der Waals surface area contributed by atoms with Crippen molar-refractivity contribution < 1.29 is 19.1 Å². The van der Waals surface area contributed by atoms with Gasteiger partial charge in [0, 0.05) is 18.4 Å². The van der Waals surface area contributed by atoms with E-state index < -0.39 is 6.04 Å². The van der Waals surface area contributed by atoms with Crippen LogP contribution in [-0.4, -0.2) is 41.8 Å². The molecular formula is C26H43NO4. The Kier molecular flexibility index (Phi) is 10.3. The first-order valence-corrected chi connectivity index (χ1v) is 13.2. The molecule has 0 unspecified atom stereocenters. The predicted octanol–water partition coefficient (Wildman–Crippen LogP) is 5.59. The fourth-order valence-corrected chi connectivity index (χ4v) is 5.70. The maximum absolute atomic E-state index is 13.2. The van der Waals surface area contributed by atoms with Crippen molar-refractivity contribution >= 4 is 17.7 Å². The number of nitrogens with zero attached hydrogens (tertiary/aromatic N) is 1. The molecule has 3 aliphatic rings.